The molecule has 1 aromatic heterocycles. The molecule has 7 heteroatoms. The third-order valence-electron chi connectivity index (χ3n) is 2.36. The maximum absolute atomic E-state index is 11.6. The zero-order valence-electron chi connectivity index (χ0n) is 9.98. The number of aryl methyl sites for hydroxylation is 1. The van der Waals surface area contributed by atoms with Gasteiger partial charge in [-0.3, -0.25) is 9.59 Å². The summed E-state index contributed by atoms with van der Waals surface area (Å²) >= 11 is 0. The number of aliphatic carboxylic acids is 1. The topological polar surface area (TPSA) is 119 Å². The number of rotatable bonds is 4. The van der Waals surface area contributed by atoms with E-state index in [9.17, 15) is 19.5 Å². The maximum Gasteiger partial charge on any atom is 0.337 e. The number of carbonyl (C=O) groups excluding carboxylic acids is 1. The molecule has 0 spiro atoms. The summed E-state index contributed by atoms with van der Waals surface area (Å²) < 4.78 is 0. The molecule has 1 aromatic rings. The zero-order valence-corrected chi connectivity index (χ0v) is 9.98. The third kappa shape index (κ3) is 3.17. The van der Waals surface area contributed by atoms with E-state index in [1.54, 1.807) is 6.92 Å². The molecule has 18 heavy (non-hydrogen) atoms. The van der Waals surface area contributed by atoms with E-state index in [1.165, 1.54) is 12.3 Å². The molecule has 4 N–H and O–H groups in total. The Kier molecular flexibility index (Phi) is 3.87. The highest BCUT2D eigenvalue weighted by molar-refractivity contribution is 5.94. The first-order valence-corrected chi connectivity index (χ1v) is 5.17. The predicted molar refractivity (Wildman–Crippen MR) is 62.4 cm³/mol. The molecule has 0 radical (unpaired) electrons. The summed E-state index contributed by atoms with van der Waals surface area (Å²) in [6.07, 6.45) is 1.24. The first kappa shape index (κ1) is 13.9. The van der Waals surface area contributed by atoms with Gasteiger partial charge < -0.3 is 20.5 Å². The molecule has 0 saturated heterocycles. The molecule has 98 valence electrons. The number of aromatic nitrogens is 1. The fourth-order valence-corrected chi connectivity index (χ4v) is 1.17. The highest BCUT2D eigenvalue weighted by Crippen LogP contribution is 2.01. The van der Waals surface area contributed by atoms with Gasteiger partial charge in [-0.15, -0.1) is 0 Å². The molecule has 0 bridgehead atoms. The fourth-order valence-electron chi connectivity index (χ4n) is 1.17. The van der Waals surface area contributed by atoms with Crippen molar-refractivity contribution >= 4 is 11.9 Å². The van der Waals surface area contributed by atoms with E-state index in [0.29, 0.717) is 5.69 Å². The van der Waals surface area contributed by atoms with E-state index in [-0.39, 0.29) is 5.56 Å². The summed E-state index contributed by atoms with van der Waals surface area (Å²) in [4.78, 5) is 36.4. The number of carboxylic acid groups (broad SMARTS) is 1. The van der Waals surface area contributed by atoms with Crippen LogP contribution in [0.4, 0.5) is 0 Å². The van der Waals surface area contributed by atoms with Crippen molar-refractivity contribution in [2.45, 2.75) is 19.4 Å². The van der Waals surface area contributed by atoms with Crippen LogP contribution in [-0.2, 0) is 4.79 Å². The van der Waals surface area contributed by atoms with Crippen molar-refractivity contribution in [3.63, 3.8) is 0 Å². The molecule has 1 heterocycles. The summed E-state index contributed by atoms with van der Waals surface area (Å²) in [5, 5.41) is 20.2. The van der Waals surface area contributed by atoms with Crippen LogP contribution in [0.3, 0.4) is 0 Å². The first-order chi connectivity index (χ1) is 8.24. The van der Waals surface area contributed by atoms with Gasteiger partial charge in [-0.05, 0) is 13.8 Å². The lowest BCUT2D eigenvalue weighted by molar-refractivity contribution is -0.155. The average Bonchev–Trinajstić information content (AvgIpc) is 2.25. The zero-order chi connectivity index (χ0) is 13.9. The second-order valence-corrected chi connectivity index (χ2v) is 4.16. The molecular weight excluding hydrogens is 240 g/mol. The second-order valence-electron chi connectivity index (χ2n) is 4.16. The lowest BCUT2D eigenvalue weighted by atomic mass is 10.1. The van der Waals surface area contributed by atoms with Crippen molar-refractivity contribution in [1.29, 1.82) is 0 Å². The number of aliphatic hydroxyl groups is 1. The smallest absolute Gasteiger partial charge is 0.337 e. The number of hydrogen-bond donors (Lipinski definition) is 4. The predicted octanol–water partition coefficient (Wildman–Crippen LogP) is -0.751. The minimum atomic E-state index is -2.08. The van der Waals surface area contributed by atoms with Gasteiger partial charge in [0.1, 0.15) is 5.56 Å². The van der Waals surface area contributed by atoms with Crippen molar-refractivity contribution in [2.75, 3.05) is 6.54 Å². The summed E-state index contributed by atoms with van der Waals surface area (Å²) in [6.45, 7) is 2.22. The van der Waals surface area contributed by atoms with Gasteiger partial charge in [-0.1, -0.05) is 0 Å². The normalized spacial score (nSPS) is 13.7. The van der Waals surface area contributed by atoms with Crippen LogP contribution in [0.2, 0.25) is 0 Å². The standard InChI is InChI=1S/C11H14N2O5/c1-6-3-8(14)7(4-12-6)9(15)13-5-11(2,18)10(16)17/h3-4,18H,5H2,1-2H3,(H,12,14)(H,13,15)(H,16,17). The van der Waals surface area contributed by atoms with Gasteiger partial charge in [-0.25, -0.2) is 4.79 Å². The lowest BCUT2D eigenvalue weighted by Crippen LogP contribution is -2.47. The highest BCUT2D eigenvalue weighted by Gasteiger charge is 2.30. The quantitative estimate of drug-likeness (QED) is 0.563. The van der Waals surface area contributed by atoms with Crippen LogP contribution in [0.1, 0.15) is 23.0 Å². The van der Waals surface area contributed by atoms with Gasteiger partial charge in [0.05, 0.1) is 6.54 Å². The van der Waals surface area contributed by atoms with Gasteiger partial charge in [0.15, 0.2) is 11.0 Å². The Balaban J connectivity index is 2.78. The number of carboxylic acids is 1. The van der Waals surface area contributed by atoms with E-state index in [2.05, 4.69) is 10.3 Å². The van der Waals surface area contributed by atoms with E-state index in [0.717, 1.165) is 6.92 Å². The van der Waals surface area contributed by atoms with Gasteiger partial charge in [0.2, 0.25) is 0 Å². The molecule has 1 rings (SSSR count). The number of pyridine rings is 1. The molecule has 0 fully saturated rings. The van der Waals surface area contributed by atoms with Gasteiger partial charge >= 0.3 is 5.97 Å². The van der Waals surface area contributed by atoms with Crippen LogP contribution < -0.4 is 10.7 Å². The Hall–Kier alpha value is -2.15. The Bertz CT molecular complexity index is 532. The van der Waals surface area contributed by atoms with Crippen molar-refractivity contribution in [3.8, 4) is 0 Å². The number of carbonyl (C=O) groups is 2. The molecule has 1 amide bonds. The van der Waals surface area contributed by atoms with Crippen LogP contribution in [0.15, 0.2) is 17.1 Å². The van der Waals surface area contributed by atoms with E-state index in [1.807, 2.05) is 0 Å². The third-order valence-corrected chi connectivity index (χ3v) is 2.36. The Morgan fingerprint density at radius 3 is 2.61 bits per heavy atom. The monoisotopic (exact) mass is 254 g/mol. The maximum atomic E-state index is 11.6. The van der Waals surface area contributed by atoms with Crippen LogP contribution in [0.5, 0.6) is 0 Å². The molecular formula is C11H14N2O5. The highest BCUT2D eigenvalue weighted by atomic mass is 16.4. The molecule has 0 aliphatic rings. The SMILES string of the molecule is Cc1cc(=O)c(C(=O)NCC(C)(O)C(=O)O)c[nH]1. The largest absolute Gasteiger partial charge is 0.479 e. The van der Waals surface area contributed by atoms with Crippen molar-refractivity contribution in [2.24, 2.45) is 0 Å². The van der Waals surface area contributed by atoms with Crippen LogP contribution in [0.25, 0.3) is 0 Å². The number of hydrogen-bond acceptors (Lipinski definition) is 4. The molecule has 1 atom stereocenters. The molecule has 7 nitrogen and oxygen atoms in total. The summed E-state index contributed by atoms with van der Waals surface area (Å²) in [7, 11) is 0. The average molecular weight is 254 g/mol. The van der Waals surface area contributed by atoms with Crippen molar-refractivity contribution in [1.82, 2.24) is 10.3 Å². The van der Waals surface area contributed by atoms with Crippen LogP contribution in [0, 0.1) is 6.92 Å². The number of nitrogens with one attached hydrogen (secondary N) is 2. The minimum absolute atomic E-state index is 0.137. The number of H-pyrrole nitrogens is 1. The summed E-state index contributed by atoms with van der Waals surface area (Å²) in [6, 6.07) is 1.25. The second kappa shape index (κ2) is 5.01. The summed E-state index contributed by atoms with van der Waals surface area (Å²) in [5.41, 5.74) is -2.08. The van der Waals surface area contributed by atoms with Crippen LogP contribution in [-0.4, -0.2) is 39.2 Å². The Morgan fingerprint density at radius 2 is 2.11 bits per heavy atom. The number of amides is 1. The Morgan fingerprint density at radius 1 is 1.50 bits per heavy atom. The first-order valence-electron chi connectivity index (χ1n) is 5.17. The van der Waals surface area contributed by atoms with E-state index >= 15 is 0 Å². The van der Waals surface area contributed by atoms with Crippen molar-refractivity contribution < 1.29 is 19.8 Å². The Labute approximate surface area is 102 Å². The summed E-state index contributed by atoms with van der Waals surface area (Å²) in [5.74, 6) is -2.20. The molecule has 0 saturated carbocycles. The molecule has 0 aromatic carbocycles. The minimum Gasteiger partial charge on any atom is -0.479 e. The van der Waals surface area contributed by atoms with Gasteiger partial charge in [-0.2, -0.15) is 0 Å². The molecule has 0 aliphatic heterocycles. The molecule has 0 aliphatic carbocycles. The fraction of sp³-hybridized carbons (Fsp3) is 0.364. The number of aromatic amines is 1. The van der Waals surface area contributed by atoms with E-state index < -0.39 is 29.5 Å². The lowest BCUT2D eigenvalue weighted by Gasteiger charge is -2.18. The van der Waals surface area contributed by atoms with E-state index in [4.69, 9.17) is 5.11 Å². The van der Waals surface area contributed by atoms with Crippen molar-refractivity contribution in [3.05, 3.63) is 33.7 Å². The van der Waals surface area contributed by atoms with Gasteiger partial charge in [0.25, 0.3) is 5.91 Å². The van der Waals surface area contributed by atoms with Crippen LogP contribution >= 0.6 is 0 Å². The molecule has 1 unspecified atom stereocenters. The van der Waals surface area contributed by atoms with Gasteiger partial charge in [0, 0.05) is 18.0 Å².